The van der Waals surface area contributed by atoms with Gasteiger partial charge in [0.05, 0.1) is 5.41 Å². The summed E-state index contributed by atoms with van der Waals surface area (Å²) in [4.78, 5) is 23.1. The topological polar surface area (TPSA) is 46.2 Å². The largest absolute Gasteiger partial charge is 0.296 e. The van der Waals surface area contributed by atoms with Gasteiger partial charge in [-0.25, -0.2) is 0 Å². The van der Waals surface area contributed by atoms with Crippen LogP contribution in [0.25, 0.3) is 0 Å². The highest BCUT2D eigenvalue weighted by molar-refractivity contribution is 6.05. The zero-order valence-corrected chi connectivity index (χ0v) is 9.32. The fourth-order valence-electron chi connectivity index (χ4n) is 2.23. The van der Waals surface area contributed by atoms with Crippen LogP contribution in [0.1, 0.15) is 25.3 Å². The third-order valence-electron chi connectivity index (χ3n) is 3.30. The van der Waals surface area contributed by atoms with E-state index in [0.29, 0.717) is 19.3 Å². The van der Waals surface area contributed by atoms with E-state index in [4.69, 9.17) is 0 Å². The summed E-state index contributed by atoms with van der Waals surface area (Å²) < 4.78 is 0. The van der Waals surface area contributed by atoms with Gasteiger partial charge in [-0.3, -0.25) is 14.9 Å². The average molecular weight is 217 g/mol. The van der Waals surface area contributed by atoms with Crippen LogP contribution in [0.4, 0.5) is 0 Å². The number of carbonyl (C=O) groups is 2. The summed E-state index contributed by atoms with van der Waals surface area (Å²) in [5.74, 6) is -0.272. The molecule has 1 saturated heterocycles. The van der Waals surface area contributed by atoms with Gasteiger partial charge in [-0.2, -0.15) is 0 Å². The smallest absolute Gasteiger partial charge is 0.233 e. The highest BCUT2D eigenvalue weighted by Crippen LogP contribution is 2.35. The van der Waals surface area contributed by atoms with Crippen molar-refractivity contribution in [2.45, 2.75) is 26.2 Å². The van der Waals surface area contributed by atoms with Gasteiger partial charge in [0.15, 0.2) is 0 Å². The lowest BCUT2D eigenvalue weighted by Gasteiger charge is -2.23. The van der Waals surface area contributed by atoms with Crippen LogP contribution in [-0.2, 0) is 16.0 Å². The highest BCUT2D eigenvalue weighted by atomic mass is 16.2. The van der Waals surface area contributed by atoms with Gasteiger partial charge in [-0.15, -0.1) is 0 Å². The molecule has 1 heterocycles. The van der Waals surface area contributed by atoms with Gasteiger partial charge in [0.25, 0.3) is 0 Å². The minimum absolute atomic E-state index is 0.121. The van der Waals surface area contributed by atoms with Crippen molar-refractivity contribution in [2.75, 3.05) is 0 Å². The molecule has 1 unspecified atom stereocenters. The molecule has 2 amide bonds. The molecule has 3 heteroatoms. The van der Waals surface area contributed by atoms with E-state index in [2.05, 4.69) is 5.32 Å². The number of hydrogen-bond donors (Lipinski definition) is 1. The summed E-state index contributed by atoms with van der Waals surface area (Å²) in [6, 6.07) is 9.84. The molecule has 0 aliphatic carbocycles. The summed E-state index contributed by atoms with van der Waals surface area (Å²) in [6.45, 7) is 1.96. The molecule has 1 aromatic carbocycles. The lowest BCUT2D eigenvalue weighted by atomic mass is 9.78. The lowest BCUT2D eigenvalue weighted by Crippen LogP contribution is -2.33. The van der Waals surface area contributed by atoms with Gasteiger partial charge in [0.1, 0.15) is 0 Å². The first-order valence-corrected chi connectivity index (χ1v) is 5.54. The molecule has 1 atom stereocenters. The third-order valence-corrected chi connectivity index (χ3v) is 3.30. The molecule has 0 aromatic heterocycles. The van der Waals surface area contributed by atoms with Crippen molar-refractivity contribution in [3.63, 3.8) is 0 Å². The van der Waals surface area contributed by atoms with Crippen molar-refractivity contribution >= 4 is 11.8 Å². The zero-order chi connectivity index (χ0) is 11.6. The van der Waals surface area contributed by atoms with Crippen molar-refractivity contribution in [3.8, 4) is 0 Å². The Morgan fingerprint density at radius 1 is 1.25 bits per heavy atom. The summed E-state index contributed by atoms with van der Waals surface area (Å²) in [5.41, 5.74) is 0.576. The lowest BCUT2D eigenvalue weighted by molar-refractivity contribution is -0.128. The molecule has 2 rings (SSSR count). The standard InChI is InChI=1S/C13H15NO2/c1-2-13(9-11(15)14-12(13)16)8-10-6-4-3-5-7-10/h3-7H,2,8-9H2,1H3,(H,14,15,16). The maximum atomic E-state index is 11.8. The number of carbonyl (C=O) groups excluding carboxylic acids is 2. The summed E-state index contributed by atoms with van der Waals surface area (Å²) in [6.07, 6.45) is 1.65. The SMILES string of the molecule is CCC1(Cc2ccccc2)CC(=O)NC1=O. The molecule has 3 nitrogen and oxygen atoms in total. The molecule has 84 valence electrons. The van der Waals surface area contributed by atoms with E-state index in [0.717, 1.165) is 5.56 Å². The van der Waals surface area contributed by atoms with Crippen LogP contribution in [0.2, 0.25) is 0 Å². The second-order valence-electron chi connectivity index (χ2n) is 4.35. The molecule has 0 saturated carbocycles. The zero-order valence-electron chi connectivity index (χ0n) is 9.32. The van der Waals surface area contributed by atoms with Gasteiger partial charge < -0.3 is 0 Å². The number of rotatable bonds is 3. The average Bonchev–Trinajstić information content (AvgIpc) is 2.56. The Kier molecular flexibility index (Phi) is 2.77. The molecule has 1 aromatic rings. The monoisotopic (exact) mass is 217 g/mol. The summed E-state index contributed by atoms with van der Waals surface area (Å²) in [7, 11) is 0. The Labute approximate surface area is 94.9 Å². The van der Waals surface area contributed by atoms with E-state index >= 15 is 0 Å². The van der Waals surface area contributed by atoms with Crippen LogP contribution in [0.5, 0.6) is 0 Å². The van der Waals surface area contributed by atoms with E-state index < -0.39 is 5.41 Å². The molecule has 1 aliphatic rings. The predicted octanol–water partition coefficient (Wildman–Crippen LogP) is 1.67. The molecule has 16 heavy (non-hydrogen) atoms. The Morgan fingerprint density at radius 2 is 1.94 bits per heavy atom. The van der Waals surface area contributed by atoms with Crippen molar-refractivity contribution in [1.82, 2.24) is 5.32 Å². The van der Waals surface area contributed by atoms with Gasteiger partial charge in [0, 0.05) is 6.42 Å². The van der Waals surface area contributed by atoms with Crippen LogP contribution in [0, 0.1) is 5.41 Å². The Morgan fingerprint density at radius 3 is 2.44 bits per heavy atom. The van der Waals surface area contributed by atoms with Crippen LogP contribution < -0.4 is 5.32 Å². The van der Waals surface area contributed by atoms with Crippen molar-refractivity contribution in [2.24, 2.45) is 5.41 Å². The van der Waals surface area contributed by atoms with Crippen molar-refractivity contribution in [3.05, 3.63) is 35.9 Å². The van der Waals surface area contributed by atoms with Crippen LogP contribution in [0.3, 0.4) is 0 Å². The second-order valence-corrected chi connectivity index (χ2v) is 4.35. The Balaban J connectivity index is 2.24. The van der Waals surface area contributed by atoms with Crippen molar-refractivity contribution < 1.29 is 9.59 Å². The molecular weight excluding hydrogens is 202 g/mol. The minimum atomic E-state index is -0.529. The van der Waals surface area contributed by atoms with Gasteiger partial charge in [-0.05, 0) is 18.4 Å². The maximum absolute atomic E-state index is 11.8. The van der Waals surface area contributed by atoms with Gasteiger partial charge in [0.2, 0.25) is 11.8 Å². The number of benzene rings is 1. The van der Waals surface area contributed by atoms with E-state index in [1.807, 2.05) is 37.3 Å². The number of amides is 2. The third kappa shape index (κ3) is 1.85. The van der Waals surface area contributed by atoms with Crippen LogP contribution >= 0.6 is 0 Å². The van der Waals surface area contributed by atoms with E-state index in [1.54, 1.807) is 0 Å². The van der Waals surface area contributed by atoms with E-state index in [-0.39, 0.29) is 11.8 Å². The van der Waals surface area contributed by atoms with E-state index in [1.165, 1.54) is 0 Å². The first-order chi connectivity index (χ1) is 7.66. The highest BCUT2D eigenvalue weighted by Gasteiger charge is 2.44. The molecule has 1 fully saturated rings. The molecule has 0 radical (unpaired) electrons. The molecule has 1 N–H and O–H groups in total. The van der Waals surface area contributed by atoms with Gasteiger partial charge in [-0.1, -0.05) is 37.3 Å². The summed E-state index contributed by atoms with van der Waals surface area (Å²) in [5, 5.41) is 2.40. The second kappa shape index (κ2) is 4.08. The minimum Gasteiger partial charge on any atom is -0.296 e. The normalized spacial score (nSPS) is 24.6. The molecule has 0 spiro atoms. The number of nitrogens with one attached hydrogen (secondary N) is 1. The van der Waals surface area contributed by atoms with Crippen LogP contribution in [0.15, 0.2) is 30.3 Å². The fourth-order valence-corrected chi connectivity index (χ4v) is 2.23. The number of hydrogen-bond acceptors (Lipinski definition) is 2. The summed E-state index contributed by atoms with van der Waals surface area (Å²) >= 11 is 0. The van der Waals surface area contributed by atoms with Gasteiger partial charge >= 0.3 is 0 Å². The molecule has 0 bridgehead atoms. The Hall–Kier alpha value is -1.64. The maximum Gasteiger partial charge on any atom is 0.233 e. The first kappa shape index (κ1) is 10.9. The quantitative estimate of drug-likeness (QED) is 0.783. The predicted molar refractivity (Wildman–Crippen MR) is 60.6 cm³/mol. The van der Waals surface area contributed by atoms with E-state index in [9.17, 15) is 9.59 Å². The van der Waals surface area contributed by atoms with Crippen molar-refractivity contribution in [1.29, 1.82) is 0 Å². The first-order valence-electron chi connectivity index (χ1n) is 5.54. The molecule has 1 aliphatic heterocycles. The van der Waals surface area contributed by atoms with Crippen LogP contribution in [-0.4, -0.2) is 11.8 Å². The Bertz CT molecular complexity index is 413. The molecular formula is C13H15NO2. The number of imide groups is 1. The fraction of sp³-hybridized carbons (Fsp3) is 0.385.